The molecule has 112 valence electrons. The summed E-state index contributed by atoms with van der Waals surface area (Å²) in [6.45, 7) is 4.29. The molecule has 0 aliphatic rings. The number of hydrogen-bond acceptors (Lipinski definition) is 5. The lowest BCUT2D eigenvalue weighted by Gasteiger charge is -2.22. The molecule has 0 radical (unpaired) electrons. The number of hydrazine groups is 1. The van der Waals surface area contributed by atoms with Crippen molar-refractivity contribution < 1.29 is 0 Å². The molecule has 2 rings (SSSR count). The number of anilines is 3. The van der Waals surface area contributed by atoms with E-state index >= 15 is 0 Å². The van der Waals surface area contributed by atoms with Crippen LogP contribution < -0.4 is 16.2 Å². The molecule has 0 bridgehead atoms. The zero-order valence-corrected chi connectivity index (χ0v) is 12.9. The Morgan fingerprint density at radius 1 is 1.14 bits per heavy atom. The fourth-order valence-electron chi connectivity index (χ4n) is 2.37. The Morgan fingerprint density at radius 2 is 1.86 bits per heavy atom. The number of nitrogen functional groups attached to an aromatic ring is 1. The molecule has 5 nitrogen and oxygen atoms in total. The molecule has 0 aliphatic heterocycles. The molecule has 0 unspecified atom stereocenters. The van der Waals surface area contributed by atoms with Gasteiger partial charge in [0.15, 0.2) is 0 Å². The van der Waals surface area contributed by atoms with Gasteiger partial charge in [0.2, 0.25) is 0 Å². The van der Waals surface area contributed by atoms with Crippen LogP contribution in [-0.4, -0.2) is 17.0 Å². The second-order valence-corrected chi connectivity index (χ2v) is 5.00. The van der Waals surface area contributed by atoms with Gasteiger partial charge in [0.1, 0.15) is 18.0 Å². The predicted octanol–water partition coefficient (Wildman–Crippen LogP) is 3.05. The molecule has 2 aromatic rings. The Labute approximate surface area is 126 Å². The van der Waals surface area contributed by atoms with Crippen LogP contribution in [0.5, 0.6) is 0 Å². The van der Waals surface area contributed by atoms with Gasteiger partial charge in [-0.05, 0) is 30.5 Å². The molecule has 0 atom stereocenters. The Hall–Kier alpha value is -2.14. The van der Waals surface area contributed by atoms with Crippen LogP contribution in [0.3, 0.4) is 0 Å². The number of nitrogens with two attached hydrogens (primary N) is 1. The molecule has 0 saturated heterocycles. The average Bonchev–Trinajstić information content (AvgIpc) is 2.54. The summed E-state index contributed by atoms with van der Waals surface area (Å²) in [7, 11) is 2.02. The molecule has 3 N–H and O–H groups in total. The van der Waals surface area contributed by atoms with E-state index < -0.39 is 0 Å². The number of hydrogen-bond donors (Lipinski definition) is 2. The monoisotopic (exact) mass is 285 g/mol. The summed E-state index contributed by atoms with van der Waals surface area (Å²) < 4.78 is 0. The molecule has 0 fully saturated rings. The van der Waals surface area contributed by atoms with Crippen LogP contribution in [0.15, 0.2) is 30.6 Å². The first-order valence-electron chi connectivity index (χ1n) is 7.34. The van der Waals surface area contributed by atoms with Gasteiger partial charge in [0.25, 0.3) is 0 Å². The van der Waals surface area contributed by atoms with Crippen LogP contribution >= 0.6 is 0 Å². The molecule has 1 heterocycles. The largest absolute Gasteiger partial charge is 0.329 e. The third-order valence-electron chi connectivity index (χ3n) is 3.61. The van der Waals surface area contributed by atoms with Gasteiger partial charge in [-0.25, -0.2) is 15.8 Å². The Morgan fingerprint density at radius 3 is 2.43 bits per heavy atom. The van der Waals surface area contributed by atoms with Crippen LogP contribution in [-0.2, 0) is 12.8 Å². The number of benzene rings is 1. The van der Waals surface area contributed by atoms with Gasteiger partial charge >= 0.3 is 0 Å². The number of nitrogens with zero attached hydrogens (tertiary/aromatic N) is 3. The predicted molar refractivity (Wildman–Crippen MR) is 87.7 cm³/mol. The number of aromatic nitrogens is 2. The van der Waals surface area contributed by atoms with Crippen molar-refractivity contribution in [1.82, 2.24) is 9.97 Å². The second-order valence-electron chi connectivity index (χ2n) is 5.00. The second kappa shape index (κ2) is 7.04. The Kier molecular flexibility index (Phi) is 5.11. The smallest absolute Gasteiger partial charge is 0.148 e. The maximum absolute atomic E-state index is 5.57. The van der Waals surface area contributed by atoms with Gasteiger partial charge < -0.3 is 10.3 Å². The van der Waals surface area contributed by atoms with E-state index in [0.717, 1.165) is 36.3 Å². The van der Waals surface area contributed by atoms with Crippen molar-refractivity contribution in [3.8, 4) is 0 Å². The highest BCUT2D eigenvalue weighted by molar-refractivity contribution is 5.66. The maximum Gasteiger partial charge on any atom is 0.148 e. The molecule has 0 spiro atoms. The van der Waals surface area contributed by atoms with Crippen molar-refractivity contribution in [2.45, 2.75) is 33.1 Å². The lowest BCUT2D eigenvalue weighted by Crippen LogP contribution is -2.18. The quantitative estimate of drug-likeness (QED) is 0.631. The summed E-state index contributed by atoms with van der Waals surface area (Å²) in [5, 5.41) is 0. The zero-order valence-electron chi connectivity index (χ0n) is 12.9. The third-order valence-corrected chi connectivity index (χ3v) is 3.61. The molecule has 1 aromatic heterocycles. The molecule has 0 saturated carbocycles. The van der Waals surface area contributed by atoms with Crippen LogP contribution in [0.2, 0.25) is 0 Å². The highest BCUT2D eigenvalue weighted by Crippen LogP contribution is 2.29. The zero-order chi connectivity index (χ0) is 15.2. The summed E-state index contributed by atoms with van der Waals surface area (Å²) in [6, 6.07) is 8.53. The lowest BCUT2D eigenvalue weighted by molar-refractivity contribution is 0.891. The fourth-order valence-corrected chi connectivity index (χ4v) is 2.37. The maximum atomic E-state index is 5.57. The van der Waals surface area contributed by atoms with Gasteiger partial charge in [-0.1, -0.05) is 32.4 Å². The van der Waals surface area contributed by atoms with Gasteiger partial charge in [-0.3, -0.25) is 0 Å². The third kappa shape index (κ3) is 3.31. The minimum atomic E-state index is 0.693. The van der Waals surface area contributed by atoms with Crippen molar-refractivity contribution >= 4 is 17.3 Å². The minimum absolute atomic E-state index is 0.693. The highest BCUT2D eigenvalue weighted by atomic mass is 15.3. The molecule has 0 aliphatic carbocycles. The van der Waals surface area contributed by atoms with Crippen molar-refractivity contribution in [2.24, 2.45) is 5.84 Å². The van der Waals surface area contributed by atoms with Crippen LogP contribution in [0.4, 0.5) is 17.3 Å². The van der Waals surface area contributed by atoms with Gasteiger partial charge in [-0.15, -0.1) is 0 Å². The number of aryl methyl sites for hydroxylation is 1. The fraction of sp³-hybridized carbons (Fsp3) is 0.375. The van der Waals surface area contributed by atoms with Gasteiger partial charge in [0.05, 0.1) is 0 Å². The van der Waals surface area contributed by atoms with Gasteiger partial charge in [-0.2, -0.15) is 0 Å². The SMILES string of the molecule is CCCc1c(NN)ncnc1N(C)c1ccc(CC)cc1. The first-order valence-corrected chi connectivity index (χ1v) is 7.34. The highest BCUT2D eigenvalue weighted by Gasteiger charge is 2.14. The molecule has 21 heavy (non-hydrogen) atoms. The molecule has 5 heteroatoms. The Balaban J connectivity index is 2.39. The van der Waals surface area contributed by atoms with E-state index in [1.165, 1.54) is 5.56 Å². The number of nitrogens with one attached hydrogen (secondary N) is 1. The van der Waals surface area contributed by atoms with E-state index in [-0.39, 0.29) is 0 Å². The van der Waals surface area contributed by atoms with Crippen LogP contribution in [0, 0.1) is 0 Å². The summed E-state index contributed by atoms with van der Waals surface area (Å²) in [4.78, 5) is 10.7. The van der Waals surface area contributed by atoms with E-state index in [1.54, 1.807) is 6.33 Å². The van der Waals surface area contributed by atoms with E-state index in [0.29, 0.717) is 5.82 Å². The first kappa shape index (κ1) is 15.3. The lowest BCUT2D eigenvalue weighted by atomic mass is 10.1. The van der Waals surface area contributed by atoms with Crippen molar-refractivity contribution in [1.29, 1.82) is 0 Å². The topological polar surface area (TPSA) is 67.1 Å². The molecular formula is C16H23N5. The summed E-state index contributed by atoms with van der Waals surface area (Å²) in [6.07, 6.45) is 4.48. The van der Waals surface area contributed by atoms with E-state index in [4.69, 9.17) is 5.84 Å². The van der Waals surface area contributed by atoms with Crippen molar-refractivity contribution in [3.63, 3.8) is 0 Å². The molecule has 1 aromatic carbocycles. The van der Waals surface area contributed by atoms with E-state index in [9.17, 15) is 0 Å². The van der Waals surface area contributed by atoms with E-state index in [2.05, 4.69) is 58.4 Å². The van der Waals surface area contributed by atoms with Crippen LogP contribution in [0.25, 0.3) is 0 Å². The van der Waals surface area contributed by atoms with E-state index in [1.807, 2.05) is 7.05 Å². The molecule has 0 amide bonds. The van der Waals surface area contributed by atoms with Gasteiger partial charge in [0, 0.05) is 18.3 Å². The first-order chi connectivity index (χ1) is 10.2. The molecular weight excluding hydrogens is 262 g/mol. The minimum Gasteiger partial charge on any atom is -0.329 e. The van der Waals surface area contributed by atoms with Crippen LogP contribution in [0.1, 0.15) is 31.4 Å². The Bertz CT molecular complexity index is 580. The summed E-state index contributed by atoms with van der Waals surface area (Å²) in [5.74, 6) is 7.15. The average molecular weight is 285 g/mol. The summed E-state index contributed by atoms with van der Waals surface area (Å²) >= 11 is 0. The number of rotatable bonds is 6. The van der Waals surface area contributed by atoms with Crippen molar-refractivity contribution in [2.75, 3.05) is 17.4 Å². The standard InChI is InChI=1S/C16H23N5/c1-4-6-14-15(20-17)18-11-19-16(14)21(3)13-9-7-12(5-2)8-10-13/h7-11H,4-6,17H2,1-3H3,(H,18,19,20). The normalized spacial score (nSPS) is 10.5. The summed E-state index contributed by atoms with van der Waals surface area (Å²) in [5.41, 5.74) is 6.14. The van der Waals surface area contributed by atoms with Crippen molar-refractivity contribution in [3.05, 3.63) is 41.7 Å².